The van der Waals surface area contributed by atoms with E-state index in [-0.39, 0.29) is 17.7 Å². The van der Waals surface area contributed by atoms with Gasteiger partial charge in [-0.25, -0.2) is 4.68 Å². The number of carbonyl (C=O) groups excluding carboxylic acids is 2. The lowest BCUT2D eigenvalue weighted by atomic mass is 9.96. The SMILES string of the molecule is O=C(NCCc1cnn(-c2ccccc2)c1)C1CCC(=O)N(Cc2ccccn2)C1. The van der Waals surface area contributed by atoms with E-state index in [4.69, 9.17) is 0 Å². The van der Waals surface area contributed by atoms with Crippen LogP contribution in [0.3, 0.4) is 0 Å². The van der Waals surface area contributed by atoms with Gasteiger partial charge in [-0.05, 0) is 42.7 Å². The zero-order chi connectivity index (χ0) is 20.8. The third kappa shape index (κ3) is 4.92. The molecule has 0 saturated carbocycles. The number of pyridine rings is 1. The van der Waals surface area contributed by atoms with Gasteiger partial charge in [0, 0.05) is 31.9 Å². The van der Waals surface area contributed by atoms with Crippen molar-refractivity contribution in [3.63, 3.8) is 0 Å². The van der Waals surface area contributed by atoms with Crippen molar-refractivity contribution in [3.05, 3.63) is 78.4 Å². The topological polar surface area (TPSA) is 80.1 Å². The Kier molecular flexibility index (Phi) is 6.17. The second kappa shape index (κ2) is 9.35. The molecule has 3 heterocycles. The molecule has 0 spiro atoms. The summed E-state index contributed by atoms with van der Waals surface area (Å²) in [6.45, 7) is 1.43. The Bertz CT molecular complexity index is 987. The molecule has 2 aromatic heterocycles. The monoisotopic (exact) mass is 403 g/mol. The molecule has 0 radical (unpaired) electrons. The van der Waals surface area contributed by atoms with E-state index < -0.39 is 0 Å². The van der Waals surface area contributed by atoms with Crippen molar-refractivity contribution in [1.82, 2.24) is 25.0 Å². The average molecular weight is 403 g/mol. The lowest BCUT2D eigenvalue weighted by Gasteiger charge is -2.31. The number of hydrogen-bond acceptors (Lipinski definition) is 4. The number of carbonyl (C=O) groups is 2. The van der Waals surface area contributed by atoms with Gasteiger partial charge in [0.1, 0.15) is 0 Å². The van der Waals surface area contributed by atoms with Crippen molar-refractivity contribution in [3.8, 4) is 5.69 Å². The normalized spacial score (nSPS) is 16.5. The summed E-state index contributed by atoms with van der Waals surface area (Å²) in [6, 6.07) is 15.6. The highest BCUT2D eigenvalue weighted by atomic mass is 16.2. The molecule has 1 fully saturated rings. The number of amides is 2. The predicted octanol–water partition coefficient (Wildman–Crippen LogP) is 2.36. The standard InChI is InChI=1S/C23H25N5O2/c29-22-10-9-19(16-27(22)17-20-6-4-5-12-24-20)23(30)25-13-11-18-14-26-28(15-18)21-7-2-1-3-8-21/h1-8,12,14-15,19H,9-11,13,16-17H2,(H,25,30). The van der Waals surface area contributed by atoms with E-state index in [0.29, 0.717) is 38.9 Å². The quantitative estimate of drug-likeness (QED) is 0.657. The van der Waals surface area contributed by atoms with Gasteiger partial charge in [0.15, 0.2) is 0 Å². The molecule has 0 bridgehead atoms. The first-order valence-corrected chi connectivity index (χ1v) is 10.2. The highest BCUT2D eigenvalue weighted by molar-refractivity contribution is 5.83. The summed E-state index contributed by atoms with van der Waals surface area (Å²) in [6.07, 6.45) is 7.22. The minimum absolute atomic E-state index is 0.00368. The van der Waals surface area contributed by atoms with E-state index in [0.717, 1.165) is 16.9 Å². The van der Waals surface area contributed by atoms with Crippen LogP contribution in [-0.4, -0.2) is 44.6 Å². The second-order valence-corrected chi connectivity index (χ2v) is 7.50. The molecule has 3 aromatic rings. The van der Waals surface area contributed by atoms with Gasteiger partial charge in [-0.1, -0.05) is 24.3 Å². The third-order valence-electron chi connectivity index (χ3n) is 5.32. The zero-order valence-corrected chi connectivity index (χ0v) is 16.8. The third-order valence-corrected chi connectivity index (χ3v) is 5.32. The maximum atomic E-state index is 12.6. The van der Waals surface area contributed by atoms with Crippen LogP contribution in [0.4, 0.5) is 0 Å². The Balaban J connectivity index is 1.27. The van der Waals surface area contributed by atoms with Crippen molar-refractivity contribution in [2.45, 2.75) is 25.8 Å². The number of hydrogen-bond donors (Lipinski definition) is 1. The molecule has 0 aliphatic carbocycles. The van der Waals surface area contributed by atoms with Crippen LogP contribution in [0.25, 0.3) is 5.69 Å². The molecule has 4 rings (SSSR count). The van der Waals surface area contributed by atoms with Crippen LogP contribution in [0.1, 0.15) is 24.1 Å². The summed E-state index contributed by atoms with van der Waals surface area (Å²) in [5.41, 5.74) is 2.91. The van der Waals surface area contributed by atoms with Crippen molar-refractivity contribution in [2.24, 2.45) is 5.92 Å². The van der Waals surface area contributed by atoms with Gasteiger partial charge in [-0.3, -0.25) is 14.6 Å². The highest BCUT2D eigenvalue weighted by Crippen LogP contribution is 2.19. The van der Waals surface area contributed by atoms with Crippen molar-refractivity contribution >= 4 is 11.8 Å². The molecule has 7 nitrogen and oxygen atoms in total. The maximum absolute atomic E-state index is 12.6. The number of para-hydroxylation sites is 1. The number of aromatic nitrogens is 3. The number of likely N-dealkylation sites (tertiary alicyclic amines) is 1. The van der Waals surface area contributed by atoms with E-state index in [1.807, 2.05) is 65.6 Å². The maximum Gasteiger partial charge on any atom is 0.224 e. The predicted molar refractivity (Wildman–Crippen MR) is 113 cm³/mol. The van der Waals surface area contributed by atoms with Gasteiger partial charge in [-0.15, -0.1) is 0 Å². The smallest absolute Gasteiger partial charge is 0.224 e. The summed E-state index contributed by atoms with van der Waals surface area (Å²) in [7, 11) is 0. The van der Waals surface area contributed by atoms with Crippen LogP contribution >= 0.6 is 0 Å². The molecular weight excluding hydrogens is 378 g/mol. The van der Waals surface area contributed by atoms with E-state index >= 15 is 0 Å². The number of piperidine rings is 1. The van der Waals surface area contributed by atoms with Crippen LogP contribution in [0.2, 0.25) is 0 Å². The highest BCUT2D eigenvalue weighted by Gasteiger charge is 2.30. The average Bonchev–Trinajstić information content (AvgIpc) is 3.25. The Hall–Kier alpha value is -3.48. The van der Waals surface area contributed by atoms with Crippen LogP contribution in [0.15, 0.2) is 67.1 Å². The van der Waals surface area contributed by atoms with Crippen LogP contribution in [0.5, 0.6) is 0 Å². The van der Waals surface area contributed by atoms with Crippen LogP contribution in [0, 0.1) is 5.92 Å². The number of nitrogens with zero attached hydrogens (tertiary/aromatic N) is 4. The number of nitrogens with one attached hydrogen (secondary N) is 1. The van der Waals surface area contributed by atoms with Crippen molar-refractivity contribution in [2.75, 3.05) is 13.1 Å². The molecule has 1 aromatic carbocycles. The molecular formula is C23H25N5O2. The molecule has 1 atom stereocenters. The molecule has 30 heavy (non-hydrogen) atoms. The lowest BCUT2D eigenvalue weighted by molar-refractivity contribution is -0.138. The fourth-order valence-corrected chi connectivity index (χ4v) is 3.65. The first-order valence-electron chi connectivity index (χ1n) is 10.2. The minimum atomic E-state index is -0.182. The summed E-state index contributed by atoms with van der Waals surface area (Å²) in [5, 5.41) is 7.41. The fourth-order valence-electron chi connectivity index (χ4n) is 3.65. The van der Waals surface area contributed by atoms with Crippen LogP contribution < -0.4 is 5.32 Å². The molecule has 2 amide bonds. The zero-order valence-electron chi connectivity index (χ0n) is 16.8. The molecule has 1 saturated heterocycles. The van der Waals surface area contributed by atoms with E-state index in [1.54, 1.807) is 11.1 Å². The first-order chi connectivity index (χ1) is 14.7. The van der Waals surface area contributed by atoms with E-state index in [9.17, 15) is 9.59 Å². The van der Waals surface area contributed by atoms with Crippen molar-refractivity contribution < 1.29 is 9.59 Å². The molecule has 1 unspecified atom stereocenters. The summed E-state index contributed by atoms with van der Waals surface area (Å²) >= 11 is 0. The lowest BCUT2D eigenvalue weighted by Crippen LogP contribution is -2.45. The molecule has 1 aliphatic rings. The molecule has 154 valence electrons. The first kappa shape index (κ1) is 19.8. The molecule has 1 aliphatic heterocycles. The Labute approximate surface area is 175 Å². The van der Waals surface area contributed by atoms with Gasteiger partial charge in [0.2, 0.25) is 11.8 Å². The number of benzene rings is 1. The molecule has 1 N–H and O–H groups in total. The Morgan fingerprint density at radius 1 is 1.13 bits per heavy atom. The number of rotatable bonds is 7. The van der Waals surface area contributed by atoms with Gasteiger partial charge in [0.25, 0.3) is 0 Å². The van der Waals surface area contributed by atoms with E-state index in [1.165, 1.54) is 0 Å². The Morgan fingerprint density at radius 3 is 2.77 bits per heavy atom. The second-order valence-electron chi connectivity index (χ2n) is 7.50. The molecule has 7 heteroatoms. The summed E-state index contributed by atoms with van der Waals surface area (Å²) < 4.78 is 1.83. The van der Waals surface area contributed by atoms with Crippen LogP contribution in [-0.2, 0) is 22.6 Å². The fraction of sp³-hybridized carbons (Fsp3) is 0.304. The summed E-state index contributed by atoms with van der Waals surface area (Å²) in [5.74, 6) is -0.0968. The Morgan fingerprint density at radius 2 is 1.97 bits per heavy atom. The van der Waals surface area contributed by atoms with Gasteiger partial charge >= 0.3 is 0 Å². The largest absolute Gasteiger partial charge is 0.355 e. The van der Waals surface area contributed by atoms with Gasteiger partial charge in [-0.2, -0.15) is 5.10 Å². The van der Waals surface area contributed by atoms with Gasteiger partial charge < -0.3 is 10.2 Å². The van der Waals surface area contributed by atoms with E-state index in [2.05, 4.69) is 15.4 Å². The van der Waals surface area contributed by atoms with Gasteiger partial charge in [0.05, 0.1) is 30.0 Å². The minimum Gasteiger partial charge on any atom is -0.355 e. The summed E-state index contributed by atoms with van der Waals surface area (Å²) in [4.78, 5) is 30.9. The van der Waals surface area contributed by atoms with Crippen molar-refractivity contribution in [1.29, 1.82) is 0 Å².